The molecule has 4 nitrogen and oxygen atoms in total. The molecule has 110 valence electrons. The van der Waals surface area contributed by atoms with Crippen LogP contribution in [0, 0.1) is 4.77 Å². The van der Waals surface area contributed by atoms with Gasteiger partial charge in [-0.05, 0) is 30.4 Å². The van der Waals surface area contributed by atoms with E-state index in [1.54, 1.807) is 10.9 Å². The van der Waals surface area contributed by atoms with Gasteiger partial charge in [0, 0.05) is 20.6 Å². The summed E-state index contributed by atoms with van der Waals surface area (Å²) in [6.45, 7) is 0. The second-order valence-electron chi connectivity index (χ2n) is 4.41. The van der Waals surface area contributed by atoms with Crippen molar-refractivity contribution in [1.29, 1.82) is 0 Å². The molecule has 7 heteroatoms. The van der Waals surface area contributed by atoms with Gasteiger partial charge in [0.2, 0.25) is 4.77 Å². The van der Waals surface area contributed by atoms with Crippen molar-refractivity contribution in [1.82, 2.24) is 14.9 Å². The average Bonchev–Trinajstić information content (AvgIpc) is 2.88. The summed E-state index contributed by atoms with van der Waals surface area (Å²) in [5.41, 5.74) is 1.71. The minimum atomic E-state index is 0.411. The molecule has 1 N–H and O–H groups in total. The second kappa shape index (κ2) is 6.56. The molecule has 0 saturated heterocycles. The van der Waals surface area contributed by atoms with Gasteiger partial charge in [-0.1, -0.05) is 57.9 Å². The third-order valence-electron chi connectivity index (χ3n) is 2.98. The van der Waals surface area contributed by atoms with Crippen LogP contribution in [0.2, 0.25) is 5.02 Å². The molecule has 0 aliphatic heterocycles. The normalized spacial score (nSPS) is 11.2. The van der Waals surface area contributed by atoms with E-state index >= 15 is 0 Å². The van der Waals surface area contributed by atoms with Crippen LogP contribution in [0.1, 0.15) is 5.56 Å². The number of hydrogen-bond donors (Lipinski definition) is 1. The average molecular weight is 394 g/mol. The zero-order valence-corrected chi connectivity index (χ0v) is 14.4. The van der Waals surface area contributed by atoms with Crippen molar-refractivity contribution >= 4 is 46.0 Å². The van der Waals surface area contributed by atoms with Crippen molar-refractivity contribution < 1.29 is 0 Å². The van der Waals surface area contributed by atoms with E-state index in [2.05, 4.69) is 31.2 Å². The van der Waals surface area contributed by atoms with Gasteiger partial charge in [0.25, 0.3) is 0 Å². The maximum atomic E-state index is 6.13. The molecule has 1 heterocycles. The number of H-pyrrole nitrogens is 1. The fourth-order valence-corrected chi connectivity index (χ4v) is 2.74. The van der Waals surface area contributed by atoms with E-state index in [-0.39, 0.29) is 0 Å². The largest absolute Gasteiger partial charge is 0.250 e. The third kappa shape index (κ3) is 3.04. The van der Waals surface area contributed by atoms with Gasteiger partial charge in [-0.15, -0.1) is 0 Å². The molecule has 0 radical (unpaired) electrons. The standard InChI is InChI=1S/C15H10BrClN4S/c16-12-7-3-2-6-11(12)14-19-20-15(22)21(14)18-9-10-5-1-4-8-13(10)17/h1-9H,(H,20,22). The minimum Gasteiger partial charge on any atom is -0.250 e. The van der Waals surface area contributed by atoms with Gasteiger partial charge in [-0.25, -0.2) is 5.10 Å². The number of benzene rings is 2. The van der Waals surface area contributed by atoms with Crippen LogP contribution in [0.25, 0.3) is 11.4 Å². The Labute approximate surface area is 145 Å². The summed E-state index contributed by atoms with van der Waals surface area (Å²) in [7, 11) is 0. The zero-order valence-electron chi connectivity index (χ0n) is 11.2. The van der Waals surface area contributed by atoms with Gasteiger partial charge < -0.3 is 0 Å². The van der Waals surface area contributed by atoms with Gasteiger partial charge in [0.1, 0.15) is 0 Å². The lowest BCUT2D eigenvalue weighted by Crippen LogP contribution is -1.96. The molecule has 0 spiro atoms. The molecule has 2 aromatic carbocycles. The summed E-state index contributed by atoms with van der Waals surface area (Å²) < 4.78 is 2.89. The van der Waals surface area contributed by atoms with Crippen molar-refractivity contribution in [3.05, 3.63) is 68.4 Å². The summed E-state index contributed by atoms with van der Waals surface area (Å²) in [5.74, 6) is 0.626. The molecule has 0 atom stereocenters. The topological polar surface area (TPSA) is 46.0 Å². The van der Waals surface area contributed by atoms with E-state index in [0.29, 0.717) is 15.6 Å². The second-order valence-corrected chi connectivity index (χ2v) is 6.06. The first-order chi connectivity index (χ1) is 10.7. The molecule has 0 saturated carbocycles. The summed E-state index contributed by atoms with van der Waals surface area (Å²) in [6, 6.07) is 15.2. The lowest BCUT2D eigenvalue weighted by atomic mass is 10.2. The van der Waals surface area contributed by atoms with Crippen LogP contribution in [0.3, 0.4) is 0 Å². The fraction of sp³-hybridized carbons (Fsp3) is 0. The lowest BCUT2D eigenvalue weighted by molar-refractivity contribution is 0.871. The highest BCUT2D eigenvalue weighted by Crippen LogP contribution is 2.26. The molecule has 0 aliphatic carbocycles. The Balaban J connectivity index is 2.06. The van der Waals surface area contributed by atoms with Crippen molar-refractivity contribution in [2.45, 2.75) is 0 Å². The molecule has 0 amide bonds. The molecule has 3 rings (SSSR count). The fourth-order valence-electron chi connectivity index (χ4n) is 1.92. The number of hydrogen-bond acceptors (Lipinski definition) is 3. The molecule has 0 unspecified atom stereocenters. The van der Waals surface area contributed by atoms with Crippen LogP contribution in [0.15, 0.2) is 58.1 Å². The highest BCUT2D eigenvalue weighted by molar-refractivity contribution is 9.10. The van der Waals surface area contributed by atoms with Gasteiger partial charge in [-0.2, -0.15) is 14.9 Å². The van der Waals surface area contributed by atoms with E-state index < -0.39 is 0 Å². The van der Waals surface area contributed by atoms with Crippen molar-refractivity contribution in [2.75, 3.05) is 0 Å². The summed E-state index contributed by atoms with van der Waals surface area (Å²) in [6.07, 6.45) is 1.66. The molecule has 22 heavy (non-hydrogen) atoms. The first kappa shape index (κ1) is 15.1. The van der Waals surface area contributed by atoms with E-state index in [4.69, 9.17) is 23.8 Å². The van der Waals surface area contributed by atoms with Crippen LogP contribution in [0.4, 0.5) is 0 Å². The smallest absolute Gasteiger partial charge is 0.216 e. The summed E-state index contributed by atoms with van der Waals surface area (Å²) in [4.78, 5) is 0. The van der Waals surface area contributed by atoms with Gasteiger partial charge in [0.15, 0.2) is 5.82 Å². The van der Waals surface area contributed by atoms with Crippen molar-refractivity contribution in [3.8, 4) is 11.4 Å². The van der Waals surface area contributed by atoms with Gasteiger partial charge in [0.05, 0.1) is 6.21 Å². The number of nitrogens with zero attached hydrogens (tertiary/aromatic N) is 3. The number of aromatic amines is 1. The van der Waals surface area contributed by atoms with Crippen LogP contribution >= 0.6 is 39.7 Å². The number of aromatic nitrogens is 3. The number of nitrogens with one attached hydrogen (secondary N) is 1. The Kier molecular flexibility index (Phi) is 4.52. The highest BCUT2D eigenvalue weighted by Gasteiger charge is 2.10. The van der Waals surface area contributed by atoms with E-state index in [9.17, 15) is 0 Å². The van der Waals surface area contributed by atoms with Gasteiger partial charge in [-0.3, -0.25) is 0 Å². The molecule has 3 aromatic rings. The van der Waals surface area contributed by atoms with Crippen molar-refractivity contribution in [2.24, 2.45) is 5.10 Å². The number of rotatable bonds is 3. The highest BCUT2D eigenvalue weighted by atomic mass is 79.9. The molecule has 0 aliphatic rings. The SMILES string of the molecule is S=c1[nH]nc(-c2ccccc2Br)n1N=Cc1ccccc1Cl. The predicted octanol–water partition coefficient (Wildman–Crippen LogP) is 4.91. The van der Waals surface area contributed by atoms with Crippen LogP contribution in [-0.2, 0) is 0 Å². The Bertz CT molecular complexity index is 900. The lowest BCUT2D eigenvalue weighted by Gasteiger charge is -2.03. The Morgan fingerprint density at radius 2 is 1.91 bits per heavy atom. The monoisotopic (exact) mass is 392 g/mol. The maximum absolute atomic E-state index is 6.13. The zero-order chi connectivity index (χ0) is 15.5. The Morgan fingerprint density at radius 1 is 1.18 bits per heavy atom. The predicted molar refractivity (Wildman–Crippen MR) is 95.0 cm³/mol. The van der Waals surface area contributed by atoms with Crippen LogP contribution in [-0.4, -0.2) is 21.1 Å². The van der Waals surface area contributed by atoms with Crippen LogP contribution < -0.4 is 0 Å². The van der Waals surface area contributed by atoms with Crippen molar-refractivity contribution in [3.63, 3.8) is 0 Å². The molecule has 0 fully saturated rings. The van der Waals surface area contributed by atoms with E-state index in [0.717, 1.165) is 15.6 Å². The molecular formula is C15H10BrClN4S. The molecule has 0 bridgehead atoms. The molecular weight excluding hydrogens is 384 g/mol. The van der Waals surface area contributed by atoms with Gasteiger partial charge >= 0.3 is 0 Å². The first-order valence-electron chi connectivity index (χ1n) is 6.38. The molecule has 1 aromatic heterocycles. The summed E-state index contributed by atoms with van der Waals surface area (Å²) >= 11 is 14.9. The first-order valence-corrected chi connectivity index (χ1v) is 7.96. The summed E-state index contributed by atoms with van der Waals surface area (Å²) in [5, 5.41) is 12.0. The third-order valence-corrected chi connectivity index (χ3v) is 4.28. The quantitative estimate of drug-likeness (QED) is 0.508. The maximum Gasteiger partial charge on any atom is 0.216 e. The Morgan fingerprint density at radius 3 is 2.68 bits per heavy atom. The van der Waals surface area contributed by atoms with E-state index in [1.165, 1.54) is 0 Å². The Hall–Kier alpha value is -1.76. The number of halogens is 2. The van der Waals surface area contributed by atoms with Crippen LogP contribution in [0.5, 0.6) is 0 Å². The minimum absolute atomic E-state index is 0.411. The van der Waals surface area contributed by atoms with E-state index in [1.807, 2.05) is 48.5 Å².